The van der Waals surface area contributed by atoms with Crippen molar-refractivity contribution in [2.75, 3.05) is 12.9 Å². The predicted octanol–water partition coefficient (Wildman–Crippen LogP) is 5.79. The molecule has 0 radical (unpaired) electrons. The topological polar surface area (TPSA) is 55.6 Å². The fraction of sp³-hybridized carbons (Fsp3) is 0.217. The van der Waals surface area contributed by atoms with E-state index < -0.39 is 0 Å². The molecule has 1 heterocycles. The Kier molecular flexibility index (Phi) is 8.07. The molecule has 0 saturated carbocycles. The molecule has 0 aliphatic rings. The van der Waals surface area contributed by atoms with Gasteiger partial charge in [0, 0.05) is 27.7 Å². The molecule has 162 valence electrons. The second-order valence-corrected chi connectivity index (χ2v) is 8.72. The molecular weight excluding hydrogens is 453 g/mol. The average molecular weight is 476 g/mol. The minimum atomic E-state index is -0.151. The molecule has 1 N–H and O–H groups in total. The summed E-state index contributed by atoms with van der Waals surface area (Å²) in [5, 5.41) is 5.33. The zero-order valence-corrected chi connectivity index (χ0v) is 19.8. The molecule has 0 atom stereocenters. The van der Waals surface area contributed by atoms with E-state index in [1.165, 1.54) is 11.8 Å². The van der Waals surface area contributed by atoms with Crippen molar-refractivity contribution in [2.24, 2.45) is 5.10 Å². The molecule has 3 aromatic rings. The van der Waals surface area contributed by atoms with Crippen LogP contribution in [0.25, 0.3) is 5.69 Å². The molecule has 1 aromatic heterocycles. The van der Waals surface area contributed by atoms with Gasteiger partial charge in [-0.3, -0.25) is 4.79 Å². The summed E-state index contributed by atoms with van der Waals surface area (Å²) < 4.78 is 7.16. The van der Waals surface area contributed by atoms with Gasteiger partial charge in [0.25, 0.3) is 0 Å². The van der Waals surface area contributed by atoms with Crippen LogP contribution in [0.3, 0.4) is 0 Å². The van der Waals surface area contributed by atoms with Gasteiger partial charge >= 0.3 is 0 Å². The molecule has 0 unspecified atom stereocenters. The van der Waals surface area contributed by atoms with E-state index in [1.54, 1.807) is 25.5 Å². The van der Waals surface area contributed by atoms with Gasteiger partial charge in [0.15, 0.2) is 0 Å². The van der Waals surface area contributed by atoms with Gasteiger partial charge in [0.1, 0.15) is 5.75 Å². The van der Waals surface area contributed by atoms with Crippen LogP contribution in [0.1, 0.15) is 22.5 Å². The number of hydrazone groups is 1. The Balaban J connectivity index is 1.57. The van der Waals surface area contributed by atoms with E-state index >= 15 is 0 Å². The van der Waals surface area contributed by atoms with Crippen molar-refractivity contribution in [1.82, 2.24) is 9.99 Å². The third-order valence-electron chi connectivity index (χ3n) is 4.67. The van der Waals surface area contributed by atoms with Gasteiger partial charge in [-0.2, -0.15) is 5.10 Å². The van der Waals surface area contributed by atoms with E-state index in [1.807, 2.05) is 54.8 Å². The summed E-state index contributed by atoms with van der Waals surface area (Å²) in [6, 6.07) is 15.1. The highest BCUT2D eigenvalue weighted by atomic mass is 35.5. The highest BCUT2D eigenvalue weighted by Gasteiger charge is 2.12. The Morgan fingerprint density at radius 2 is 1.90 bits per heavy atom. The Morgan fingerprint density at radius 3 is 2.61 bits per heavy atom. The van der Waals surface area contributed by atoms with Gasteiger partial charge in [-0.15, -0.1) is 11.8 Å². The smallest absolute Gasteiger partial charge is 0.250 e. The molecule has 0 fully saturated rings. The number of carbonyl (C=O) groups is 1. The Morgan fingerprint density at radius 1 is 1.16 bits per heavy atom. The zero-order chi connectivity index (χ0) is 22.4. The third kappa shape index (κ3) is 6.06. The largest absolute Gasteiger partial charge is 0.497 e. The molecule has 1 amide bonds. The highest BCUT2D eigenvalue weighted by molar-refractivity contribution is 7.99. The van der Waals surface area contributed by atoms with E-state index in [0.717, 1.165) is 39.7 Å². The number of nitrogens with one attached hydrogen (secondary N) is 1. The van der Waals surface area contributed by atoms with Crippen LogP contribution in [0.5, 0.6) is 5.75 Å². The SMILES string of the molecule is COc1ccc(CSCC(=O)N/N=C\c2cc(C)n(-c3cc(Cl)ccc3Cl)c2C)cc1. The summed E-state index contributed by atoms with van der Waals surface area (Å²) in [6.07, 6.45) is 1.64. The van der Waals surface area contributed by atoms with Crippen molar-refractivity contribution >= 4 is 47.1 Å². The van der Waals surface area contributed by atoms with Crippen LogP contribution >= 0.6 is 35.0 Å². The summed E-state index contributed by atoms with van der Waals surface area (Å²) in [5.74, 6) is 1.72. The summed E-state index contributed by atoms with van der Waals surface area (Å²) >= 11 is 14.0. The van der Waals surface area contributed by atoms with E-state index in [9.17, 15) is 4.79 Å². The first-order valence-corrected chi connectivity index (χ1v) is 11.5. The van der Waals surface area contributed by atoms with Crippen molar-refractivity contribution < 1.29 is 9.53 Å². The van der Waals surface area contributed by atoms with Crippen LogP contribution in [-0.4, -0.2) is 29.6 Å². The maximum absolute atomic E-state index is 12.1. The number of aromatic nitrogens is 1. The molecule has 0 spiro atoms. The molecule has 0 saturated heterocycles. The monoisotopic (exact) mass is 475 g/mol. The van der Waals surface area contributed by atoms with Crippen molar-refractivity contribution in [3.63, 3.8) is 0 Å². The maximum atomic E-state index is 12.1. The minimum absolute atomic E-state index is 0.151. The molecule has 0 aliphatic carbocycles. The number of halogens is 2. The molecule has 2 aromatic carbocycles. The lowest BCUT2D eigenvalue weighted by atomic mass is 10.2. The number of carbonyl (C=O) groups excluding carboxylic acids is 1. The normalized spacial score (nSPS) is 11.1. The number of amides is 1. The van der Waals surface area contributed by atoms with Crippen LogP contribution in [-0.2, 0) is 10.5 Å². The van der Waals surface area contributed by atoms with Crippen molar-refractivity contribution in [3.8, 4) is 11.4 Å². The first-order valence-electron chi connectivity index (χ1n) is 9.56. The molecule has 8 heteroatoms. The highest BCUT2D eigenvalue weighted by Crippen LogP contribution is 2.28. The fourth-order valence-corrected chi connectivity index (χ4v) is 4.28. The fourth-order valence-electron chi connectivity index (χ4n) is 3.14. The van der Waals surface area contributed by atoms with E-state index in [0.29, 0.717) is 15.8 Å². The van der Waals surface area contributed by atoms with Gasteiger partial charge in [0.2, 0.25) is 5.91 Å². The van der Waals surface area contributed by atoms with Gasteiger partial charge in [-0.25, -0.2) is 5.43 Å². The van der Waals surface area contributed by atoms with Crippen LogP contribution in [0.4, 0.5) is 0 Å². The molecule has 0 aliphatic heterocycles. The number of thioether (sulfide) groups is 1. The van der Waals surface area contributed by atoms with Crippen LogP contribution < -0.4 is 10.2 Å². The summed E-state index contributed by atoms with van der Waals surface area (Å²) in [4.78, 5) is 12.1. The number of nitrogens with zero attached hydrogens (tertiary/aromatic N) is 2. The van der Waals surface area contributed by atoms with Crippen LogP contribution in [0, 0.1) is 13.8 Å². The zero-order valence-electron chi connectivity index (χ0n) is 17.5. The number of benzene rings is 2. The second kappa shape index (κ2) is 10.8. The number of hydrogen-bond donors (Lipinski definition) is 1. The van der Waals surface area contributed by atoms with Gasteiger partial charge in [-0.05, 0) is 55.8 Å². The summed E-state index contributed by atoms with van der Waals surface area (Å²) in [6.45, 7) is 3.95. The third-order valence-corrected chi connectivity index (χ3v) is 6.23. The summed E-state index contributed by atoms with van der Waals surface area (Å²) in [5.41, 5.74) is 7.36. The number of methoxy groups -OCH3 is 1. The molecular formula is C23H23Cl2N3O2S. The lowest BCUT2D eigenvalue weighted by Gasteiger charge is -2.12. The van der Waals surface area contributed by atoms with Crippen LogP contribution in [0.2, 0.25) is 10.0 Å². The van der Waals surface area contributed by atoms with Gasteiger partial charge < -0.3 is 9.30 Å². The first kappa shape index (κ1) is 23.3. The Labute approximate surface area is 196 Å². The first-order chi connectivity index (χ1) is 14.9. The molecule has 3 rings (SSSR count). The van der Waals surface area contributed by atoms with Crippen molar-refractivity contribution in [1.29, 1.82) is 0 Å². The Bertz CT molecular complexity index is 1090. The van der Waals surface area contributed by atoms with E-state index in [4.69, 9.17) is 27.9 Å². The van der Waals surface area contributed by atoms with Crippen molar-refractivity contribution in [2.45, 2.75) is 19.6 Å². The molecule has 5 nitrogen and oxygen atoms in total. The lowest BCUT2D eigenvalue weighted by molar-refractivity contribution is -0.118. The lowest BCUT2D eigenvalue weighted by Crippen LogP contribution is -2.19. The molecule has 0 bridgehead atoms. The quantitative estimate of drug-likeness (QED) is 0.331. The minimum Gasteiger partial charge on any atom is -0.497 e. The van der Waals surface area contributed by atoms with Gasteiger partial charge in [0.05, 0.1) is 29.8 Å². The average Bonchev–Trinajstić information content (AvgIpc) is 3.03. The number of hydrogen-bond acceptors (Lipinski definition) is 4. The standard InChI is InChI=1S/C23H23Cl2N3O2S/c1-15-10-18(16(2)28(15)22-11-19(24)6-9-21(22)25)12-26-27-23(29)14-31-13-17-4-7-20(30-3)8-5-17/h4-12H,13-14H2,1-3H3,(H,27,29)/b26-12-. The predicted molar refractivity (Wildman–Crippen MR) is 130 cm³/mol. The number of aryl methyl sites for hydroxylation is 1. The second-order valence-electron chi connectivity index (χ2n) is 6.89. The van der Waals surface area contributed by atoms with E-state index in [-0.39, 0.29) is 5.91 Å². The molecule has 31 heavy (non-hydrogen) atoms. The van der Waals surface area contributed by atoms with E-state index in [2.05, 4.69) is 10.5 Å². The van der Waals surface area contributed by atoms with Crippen LogP contribution in [0.15, 0.2) is 53.6 Å². The summed E-state index contributed by atoms with van der Waals surface area (Å²) in [7, 11) is 1.64. The van der Waals surface area contributed by atoms with Gasteiger partial charge in [-0.1, -0.05) is 35.3 Å². The number of rotatable bonds is 8. The maximum Gasteiger partial charge on any atom is 0.250 e. The Hall–Kier alpha value is -2.41. The van der Waals surface area contributed by atoms with Crippen molar-refractivity contribution in [3.05, 3.63) is 81.1 Å². The number of ether oxygens (including phenoxy) is 1.